The Bertz CT molecular complexity index is 755. The first-order valence-corrected chi connectivity index (χ1v) is 6.87. The number of hydrogen-bond acceptors (Lipinski definition) is 4. The summed E-state index contributed by atoms with van der Waals surface area (Å²) in [5.41, 5.74) is 2.53. The monoisotopic (exact) mass is 285 g/mol. The molecule has 1 unspecified atom stereocenters. The Hall–Kier alpha value is -2.27. The maximum absolute atomic E-state index is 13.4. The maximum atomic E-state index is 13.4. The Labute approximate surface area is 122 Å². The molecule has 0 bridgehead atoms. The van der Waals surface area contributed by atoms with Crippen LogP contribution in [0.2, 0.25) is 0 Å². The van der Waals surface area contributed by atoms with Gasteiger partial charge in [-0.05, 0) is 31.7 Å². The van der Waals surface area contributed by atoms with E-state index in [0.29, 0.717) is 5.58 Å². The van der Waals surface area contributed by atoms with Crippen molar-refractivity contribution in [1.82, 2.24) is 15.3 Å². The third kappa shape index (κ3) is 2.52. The first kappa shape index (κ1) is 13.7. The highest BCUT2D eigenvalue weighted by molar-refractivity contribution is 5.82. The van der Waals surface area contributed by atoms with Gasteiger partial charge in [0.15, 0.2) is 0 Å². The first-order valence-electron chi connectivity index (χ1n) is 6.87. The van der Waals surface area contributed by atoms with Crippen molar-refractivity contribution >= 4 is 11.0 Å². The smallest absolute Gasteiger partial charge is 0.134 e. The first-order chi connectivity index (χ1) is 10.2. The second kappa shape index (κ2) is 5.61. The second-order valence-corrected chi connectivity index (χ2v) is 4.89. The zero-order valence-corrected chi connectivity index (χ0v) is 11.9. The third-order valence-electron chi connectivity index (χ3n) is 3.52. The van der Waals surface area contributed by atoms with E-state index in [1.807, 2.05) is 13.8 Å². The third-order valence-corrected chi connectivity index (χ3v) is 3.52. The Morgan fingerprint density at radius 2 is 2.05 bits per heavy atom. The van der Waals surface area contributed by atoms with Crippen molar-refractivity contribution in [2.45, 2.75) is 19.9 Å². The molecule has 0 spiro atoms. The Balaban J connectivity index is 2.14. The normalized spacial score (nSPS) is 12.7. The van der Waals surface area contributed by atoms with Crippen LogP contribution in [0.25, 0.3) is 11.0 Å². The van der Waals surface area contributed by atoms with Gasteiger partial charge in [-0.25, -0.2) is 14.4 Å². The molecule has 4 nitrogen and oxygen atoms in total. The second-order valence-electron chi connectivity index (χ2n) is 4.89. The molecule has 0 aliphatic rings. The molecule has 5 heteroatoms. The zero-order valence-electron chi connectivity index (χ0n) is 11.9. The van der Waals surface area contributed by atoms with Crippen molar-refractivity contribution in [3.8, 4) is 0 Å². The zero-order chi connectivity index (χ0) is 14.8. The molecule has 21 heavy (non-hydrogen) atoms. The van der Waals surface area contributed by atoms with Crippen molar-refractivity contribution in [2.75, 3.05) is 6.54 Å². The largest absolute Gasteiger partial charge is 0.459 e. The molecule has 0 radical (unpaired) electrons. The molecular weight excluding hydrogens is 269 g/mol. The quantitative estimate of drug-likeness (QED) is 0.798. The van der Waals surface area contributed by atoms with E-state index < -0.39 is 0 Å². The molecular formula is C16H16FN3O. The van der Waals surface area contributed by atoms with Gasteiger partial charge in [0.25, 0.3) is 0 Å². The SMILES string of the molecule is CCNC(c1cncnc1)c1oc2ccc(F)cc2c1C. The molecule has 3 rings (SSSR count). The van der Waals surface area contributed by atoms with Gasteiger partial charge >= 0.3 is 0 Å². The van der Waals surface area contributed by atoms with Crippen LogP contribution in [0.1, 0.15) is 29.9 Å². The van der Waals surface area contributed by atoms with Gasteiger partial charge in [0, 0.05) is 28.9 Å². The lowest BCUT2D eigenvalue weighted by Gasteiger charge is -2.16. The van der Waals surface area contributed by atoms with Gasteiger partial charge in [0.1, 0.15) is 23.5 Å². The summed E-state index contributed by atoms with van der Waals surface area (Å²) in [5.74, 6) is 0.508. The van der Waals surface area contributed by atoms with Crippen LogP contribution in [0.5, 0.6) is 0 Å². The standard InChI is InChI=1S/C16H16FN3O/c1-3-20-15(11-7-18-9-19-8-11)16-10(2)13-6-12(17)4-5-14(13)21-16/h4-9,15,20H,3H2,1-2H3. The Morgan fingerprint density at radius 3 is 2.76 bits per heavy atom. The molecule has 2 heterocycles. The number of nitrogens with zero attached hydrogens (tertiary/aromatic N) is 2. The van der Waals surface area contributed by atoms with Crippen molar-refractivity contribution in [2.24, 2.45) is 0 Å². The number of nitrogens with one attached hydrogen (secondary N) is 1. The maximum Gasteiger partial charge on any atom is 0.134 e. The summed E-state index contributed by atoms with van der Waals surface area (Å²) in [4.78, 5) is 8.12. The van der Waals surface area contributed by atoms with E-state index in [1.54, 1.807) is 18.5 Å². The average Bonchev–Trinajstić information content (AvgIpc) is 2.82. The van der Waals surface area contributed by atoms with E-state index >= 15 is 0 Å². The van der Waals surface area contributed by atoms with Gasteiger partial charge < -0.3 is 9.73 Å². The Kier molecular flexibility index (Phi) is 3.66. The van der Waals surface area contributed by atoms with E-state index in [1.165, 1.54) is 18.5 Å². The molecule has 0 fully saturated rings. The van der Waals surface area contributed by atoms with E-state index in [0.717, 1.165) is 28.8 Å². The molecule has 108 valence electrons. The van der Waals surface area contributed by atoms with Crippen LogP contribution in [0.15, 0.2) is 41.3 Å². The van der Waals surface area contributed by atoms with Crippen LogP contribution in [0.3, 0.4) is 0 Å². The van der Waals surface area contributed by atoms with Gasteiger partial charge in [-0.2, -0.15) is 0 Å². The number of aryl methyl sites for hydroxylation is 1. The summed E-state index contributed by atoms with van der Waals surface area (Å²) in [6.07, 6.45) is 5.01. The fraction of sp³-hybridized carbons (Fsp3) is 0.250. The highest BCUT2D eigenvalue weighted by atomic mass is 19.1. The number of furan rings is 1. The lowest BCUT2D eigenvalue weighted by molar-refractivity contribution is 0.472. The lowest BCUT2D eigenvalue weighted by Crippen LogP contribution is -2.22. The number of fused-ring (bicyclic) bond motifs is 1. The number of benzene rings is 1. The van der Waals surface area contributed by atoms with Crippen molar-refractivity contribution in [1.29, 1.82) is 0 Å². The van der Waals surface area contributed by atoms with E-state index in [2.05, 4.69) is 15.3 Å². The summed E-state index contributed by atoms with van der Waals surface area (Å²) < 4.78 is 19.4. The molecule has 0 saturated heterocycles. The van der Waals surface area contributed by atoms with Gasteiger partial charge in [-0.1, -0.05) is 6.92 Å². The summed E-state index contributed by atoms with van der Waals surface area (Å²) in [7, 11) is 0. The number of rotatable bonds is 4. The fourth-order valence-electron chi connectivity index (χ4n) is 2.51. The highest BCUT2D eigenvalue weighted by Crippen LogP contribution is 2.32. The van der Waals surface area contributed by atoms with Crippen molar-refractivity contribution < 1.29 is 8.81 Å². The molecule has 0 amide bonds. The number of halogens is 1. The van der Waals surface area contributed by atoms with E-state index in [9.17, 15) is 4.39 Å². The summed E-state index contributed by atoms with van der Waals surface area (Å²) in [6, 6.07) is 4.42. The van der Waals surface area contributed by atoms with Gasteiger partial charge in [0.05, 0.1) is 6.04 Å². The van der Waals surface area contributed by atoms with Crippen LogP contribution >= 0.6 is 0 Å². The molecule has 1 aromatic carbocycles. The van der Waals surface area contributed by atoms with Crippen LogP contribution < -0.4 is 5.32 Å². The van der Waals surface area contributed by atoms with Crippen LogP contribution in [0, 0.1) is 12.7 Å². The van der Waals surface area contributed by atoms with E-state index in [-0.39, 0.29) is 11.9 Å². The fourth-order valence-corrected chi connectivity index (χ4v) is 2.51. The predicted molar refractivity (Wildman–Crippen MR) is 78.5 cm³/mol. The van der Waals surface area contributed by atoms with Crippen molar-refractivity contribution in [3.63, 3.8) is 0 Å². The molecule has 0 saturated carbocycles. The predicted octanol–water partition coefficient (Wildman–Crippen LogP) is 3.37. The molecule has 3 aromatic rings. The van der Waals surface area contributed by atoms with E-state index in [4.69, 9.17) is 4.42 Å². The van der Waals surface area contributed by atoms with Crippen LogP contribution in [-0.2, 0) is 0 Å². The van der Waals surface area contributed by atoms with Crippen LogP contribution in [0.4, 0.5) is 4.39 Å². The van der Waals surface area contributed by atoms with Crippen LogP contribution in [-0.4, -0.2) is 16.5 Å². The summed E-state index contributed by atoms with van der Waals surface area (Å²) in [6.45, 7) is 4.73. The molecule has 0 aliphatic carbocycles. The lowest BCUT2D eigenvalue weighted by atomic mass is 10.0. The number of aromatic nitrogens is 2. The van der Waals surface area contributed by atoms with Gasteiger partial charge in [-0.15, -0.1) is 0 Å². The average molecular weight is 285 g/mol. The van der Waals surface area contributed by atoms with Gasteiger partial charge in [-0.3, -0.25) is 0 Å². The highest BCUT2D eigenvalue weighted by Gasteiger charge is 2.22. The summed E-state index contributed by atoms with van der Waals surface area (Å²) >= 11 is 0. The minimum Gasteiger partial charge on any atom is -0.459 e. The molecule has 2 aromatic heterocycles. The van der Waals surface area contributed by atoms with Crippen molar-refractivity contribution in [3.05, 3.63) is 59.6 Å². The Morgan fingerprint density at radius 1 is 1.29 bits per heavy atom. The minimum absolute atomic E-state index is 0.147. The molecule has 0 aliphatic heterocycles. The minimum atomic E-state index is -0.263. The topological polar surface area (TPSA) is 51.0 Å². The summed E-state index contributed by atoms with van der Waals surface area (Å²) in [5, 5.41) is 4.16. The number of hydrogen-bond donors (Lipinski definition) is 1. The molecule has 1 N–H and O–H groups in total. The molecule has 1 atom stereocenters. The van der Waals surface area contributed by atoms with Gasteiger partial charge in [0.2, 0.25) is 0 Å².